The van der Waals surface area contributed by atoms with Crippen molar-refractivity contribution in [2.24, 2.45) is 0 Å². The van der Waals surface area contributed by atoms with Crippen LogP contribution in [0, 0.1) is 12.7 Å². The maximum Gasteiger partial charge on any atom is 0.242 e. The summed E-state index contributed by atoms with van der Waals surface area (Å²) in [6, 6.07) is 5.75. The number of carbonyl (C=O) groups excluding carboxylic acids is 1. The van der Waals surface area contributed by atoms with E-state index in [1.807, 2.05) is 6.92 Å². The van der Waals surface area contributed by atoms with Crippen LogP contribution in [0.5, 0.6) is 0 Å². The Kier molecular flexibility index (Phi) is 6.81. The first-order valence-corrected chi connectivity index (χ1v) is 8.91. The fourth-order valence-corrected chi connectivity index (χ4v) is 3.27. The van der Waals surface area contributed by atoms with Crippen LogP contribution in [-0.4, -0.2) is 47.2 Å². The van der Waals surface area contributed by atoms with E-state index < -0.39 is 6.04 Å². The van der Waals surface area contributed by atoms with Crippen molar-refractivity contribution in [1.29, 1.82) is 0 Å². The molecule has 0 saturated carbocycles. The fraction of sp³-hybridized carbons (Fsp3) is 0.412. The van der Waals surface area contributed by atoms with E-state index in [1.165, 1.54) is 6.07 Å². The number of halogens is 1. The van der Waals surface area contributed by atoms with E-state index >= 15 is 0 Å². The number of hydrogen-bond donors (Lipinski definition) is 2. The normalized spacial score (nSPS) is 12.4. The molecule has 5 nitrogen and oxygen atoms in total. The van der Waals surface area contributed by atoms with Gasteiger partial charge in [-0.1, -0.05) is 18.2 Å². The van der Waals surface area contributed by atoms with Gasteiger partial charge in [-0.05, 0) is 27.1 Å². The lowest BCUT2D eigenvalue weighted by atomic mass is 10.0. The minimum atomic E-state index is -0.634. The largest absolute Gasteiger partial charge is 0.354 e. The van der Waals surface area contributed by atoms with Crippen molar-refractivity contribution in [3.05, 3.63) is 53.4 Å². The van der Waals surface area contributed by atoms with Crippen molar-refractivity contribution in [3.63, 3.8) is 0 Å². The Bertz CT molecular complexity index is 674. The molecule has 0 bridgehead atoms. The number of H-pyrrole nitrogens is 1. The number of amides is 1. The molecular formula is C17H23FN4OS. The average Bonchev–Trinajstić information content (AvgIpc) is 2.94. The number of hydrogen-bond acceptors (Lipinski definition) is 4. The molecule has 1 atom stereocenters. The molecule has 24 heavy (non-hydrogen) atoms. The SMILES string of the molecule is Cc1[nH]cnc1CSCCNC(=O)[C@H](c1ccccc1F)N(C)C. The Balaban J connectivity index is 1.83. The summed E-state index contributed by atoms with van der Waals surface area (Å²) >= 11 is 1.70. The maximum absolute atomic E-state index is 14.0. The molecule has 1 amide bonds. The molecule has 7 heteroatoms. The van der Waals surface area contributed by atoms with Crippen LogP contribution in [0.2, 0.25) is 0 Å². The van der Waals surface area contributed by atoms with E-state index in [1.54, 1.807) is 55.3 Å². The zero-order valence-electron chi connectivity index (χ0n) is 14.2. The summed E-state index contributed by atoms with van der Waals surface area (Å²) in [5, 5.41) is 2.89. The van der Waals surface area contributed by atoms with Crippen molar-refractivity contribution in [2.45, 2.75) is 18.7 Å². The molecular weight excluding hydrogens is 327 g/mol. The van der Waals surface area contributed by atoms with E-state index in [0.29, 0.717) is 12.1 Å². The first-order chi connectivity index (χ1) is 11.5. The third-order valence-corrected chi connectivity index (χ3v) is 4.65. The van der Waals surface area contributed by atoms with Gasteiger partial charge in [0.15, 0.2) is 0 Å². The number of likely N-dealkylation sites (N-methyl/N-ethyl adjacent to an activating group) is 1. The van der Waals surface area contributed by atoms with Crippen LogP contribution in [0.3, 0.4) is 0 Å². The van der Waals surface area contributed by atoms with E-state index in [2.05, 4.69) is 15.3 Å². The van der Waals surface area contributed by atoms with Gasteiger partial charge >= 0.3 is 0 Å². The molecule has 2 rings (SSSR count). The van der Waals surface area contributed by atoms with Crippen molar-refractivity contribution in [1.82, 2.24) is 20.2 Å². The zero-order valence-corrected chi connectivity index (χ0v) is 15.0. The first kappa shape index (κ1) is 18.5. The summed E-state index contributed by atoms with van der Waals surface area (Å²) in [4.78, 5) is 21.4. The highest BCUT2D eigenvalue weighted by atomic mass is 32.2. The highest BCUT2D eigenvalue weighted by Gasteiger charge is 2.25. The molecule has 1 aromatic heterocycles. The fourth-order valence-electron chi connectivity index (χ4n) is 2.40. The van der Waals surface area contributed by atoms with Crippen molar-refractivity contribution >= 4 is 17.7 Å². The molecule has 0 spiro atoms. The Hall–Kier alpha value is -1.86. The number of aromatic amines is 1. The predicted molar refractivity (Wildman–Crippen MR) is 95.3 cm³/mol. The predicted octanol–water partition coefficient (Wildman–Crippen LogP) is 2.51. The van der Waals surface area contributed by atoms with Gasteiger partial charge in [0.05, 0.1) is 12.0 Å². The number of aromatic nitrogens is 2. The Morgan fingerprint density at radius 3 is 2.79 bits per heavy atom. The molecule has 2 aromatic rings. The molecule has 0 aliphatic carbocycles. The van der Waals surface area contributed by atoms with Gasteiger partial charge < -0.3 is 10.3 Å². The van der Waals surface area contributed by atoms with Crippen LogP contribution in [-0.2, 0) is 10.5 Å². The van der Waals surface area contributed by atoms with Crippen LogP contribution < -0.4 is 5.32 Å². The molecule has 0 radical (unpaired) electrons. The van der Waals surface area contributed by atoms with Crippen molar-refractivity contribution in [2.75, 3.05) is 26.4 Å². The number of thioether (sulfide) groups is 1. The average molecular weight is 350 g/mol. The van der Waals surface area contributed by atoms with Gasteiger partial charge in [-0.3, -0.25) is 9.69 Å². The monoisotopic (exact) mass is 350 g/mol. The Morgan fingerprint density at radius 1 is 1.42 bits per heavy atom. The van der Waals surface area contributed by atoms with Gasteiger partial charge in [-0.25, -0.2) is 9.37 Å². The highest BCUT2D eigenvalue weighted by molar-refractivity contribution is 7.98. The van der Waals surface area contributed by atoms with Gasteiger partial charge in [0.1, 0.15) is 11.9 Å². The molecule has 0 unspecified atom stereocenters. The summed E-state index contributed by atoms with van der Waals surface area (Å²) in [5.74, 6) is 1.02. The van der Waals surface area contributed by atoms with E-state index in [4.69, 9.17) is 0 Å². The van der Waals surface area contributed by atoms with Gasteiger partial charge in [-0.15, -0.1) is 0 Å². The van der Waals surface area contributed by atoms with Crippen LogP contribution in [0.25, 0.3) is 0 Å². The molecule has 1 heterocycles. The number of rotatable bonds is 8. The maximum atomic E-state index is 14.0. The van der Waals surface area contributed by atoms with Crippen molar-refractivity contribution < 1.29 is 9.18 Å². The molecule has 0 saturated heterocycles. The highest BCUT2D eigenvalue weighted by Crippen LogP contribution is 2.21. The smallest absolute Gasteiger partial charge is 0.242 e. The molecule has 130 valence electrons. The summed E-state index contributed by atoms with van der Waals surface area (Å²) in [6.45, 7) is 2.52. The lowest BCUT2D eigenvalue weighted by molar-refractivity contribution is -0.125. The second-order valence-corrected chi connectivity index (χ2v) is 6.81. The van der Waals surface area contributed by atoms with Crippen LogP contribution in [0.4, 0.5) is 4.39 Å². The van der Waals surface area contributed by atoms with Crippen LogP contribution >= 0.6 is 11.8 Å². The number of nitrogens with zero attached hydrogens (tertiary/aromatic N) is 2. The molecule has 0 fully saturated rings. The minimum absolute atomic E-state index is 0.193. The molecule has 1 aromatic carbocycles. The zero-order chi connectivity index (χ0) is 17.5. The van der Waals surface area contributed by atoms with Crippen molar-refractivity contribution in [3.8, 4) is 0 Å². The van der Waals surface area contributed by atoms with E-state index in [-0.39, 0.29) is 11.7 Å². The molecule has 0 aliphatic heterocycles. The van der Waals surface area contributed by atoms with Gasteiger partial charge in [0.25, 0.3) is 0 Å². The summed E-state index contributed by atoms with van der Waals surface area (Å²) in [5.41, 5.74) is 2.49. The first-order valence-electron chi connectivity index (χ1n) is 7.76. The third kappa shape index (κ3) is 4.82. The third-order valence-electron chi connectivity index (χ3n) is 3.68. The Morgan fingerprint density at radius 2 is 2.17 bits per heavy atom. The summed E-state index contributed by atoms with van der Waals surface area (Å²) < 4.78 is 14.0. The minimum Gasteiger partial charge on any atom is -0.354 e. The second-order valence-electron chi connectivity index (χ2n) is 5.71. The Labute approximate surface area is 146 Å². The van der Waals surface area contributed by atoms with E-state index in [0.717, 1.165) is 22.9 Å². The topological polar surface area (TPSA) is 61.0 Å². The lowest BCUT2D eigenvalue weighted by Gasteiger charge is -2.24. The quantitative estimate of drug-likeness (QED) is 0.718. The number of carbonyl (C=O) groups is 1. The summed E-state index contributed by atoms with van der Waals surface area (Å²) in [6.07, 6.45) is 1.68. The van der Waals surface area contributed by atoms with Gasteiger partial charge in [0.2, 0.25) is 5.91 Å². The number of aryl methyl sites for hydroxylation is 1. The standard InChI is InChI=1S/C17H23FN4OS/c1-12-15(21-11-20-12)10-24-9-8-19-17(23)16(22(2)3)13-6-4-5-7-14(13)18/h4-7,11,16H,8-10H2,1-3H3,(H,19,23)(H,20,21)/t16-/m0/s1. The van der Waals surface area contributed by atoms with Crippen LogP contribution in [0.15, 0.2) is 30.6 Å². The van der Waals surface area contributed by atoms with Crippen LogP contribution in [0.1, 0.15) is 23.0 Å². The lowest BCUT2D eigenvalue weighted by Crippen LogP contribution is -2.38. The second kappa shape index (κ2) is 8.84. The number of imidazole rings is 1. The molecule has 0 aliphatic rings. The van der Waals surface area contributed by atoms with Gasteiger partial charge in [0, 0.05) is 29.3 Å². The van der Waals surface area contributed by atoms with E-state index in [9.17, 15) is 9.18 Å². The number of nitrogens with one attached hydrogen (secondary N) is 2. The number of benzene rings is 1. The summed E-state index contributed by atoms with van der Waals surface area (Å²) in [7, 11) is 3.54. The molecule has 2 N–H and O–H groups in total. The van der Waals surface area contributed by atoms with Gasteiger partial charge in [-0.2, -0.15) is 11.8 Å².